The first-order chi connectivity index (χ1) is 12.1. The third-order valence-corrected chi connectivity index (χ3v) is 3.99. The Kier molecular flexibility index (Phi) is 6.47. The molecule has 0 heterocycles. The second-order valence-corrected chi connectivity index (χ2v) is 5.66. The number of esters is 1. The summed E-state index contributed by atoms with van der Waals surface area (Å²) in [6.07, 6.45) is 3.02. The number of rotatable bonds is 6. The quantitative estimate of drug-likeness (QED) is 0.314. The molecule has 0 atom stereocenters. The van der Waals surface area contributed by atoms with Gasteiger partial charge in [0.25, 0.3) is 0 Å². The largest absolute Gasteiger partial charge is 0.426 e. The van der Waals surface area contributed by atoms with Gasteiger partial charge in [0.2, 0.25) is 0 Å². The van der Waals surface area contributed by atoms with Gasteiger partial charge in [-0.25, -0.2) is 4.39 Å². The van der Waals surface area contributed by atoms with E-state index in [0.717, 1.165) is 12.8 Å². The van der Waals surface area contributed by atoms with E-state index in [-0.39, 0.29) is 23.0 Å². The van der Waals surface area contributed by atoms with Gasteiger partial charge in [-0.15, -0.1) is 0 Å². The minimum Gasteiger partial charge on any atom is -0.426 e. The van der Waals surface area contributed by atoms with Crippen LogP contribution in [0.3, 0.4) is 0 Å². The van der Waals surface area contributed by atoms with Crippen LogP contribution in [0.1, 0.15) is 37.8 Å². The van der Waals surface area contributed by atoms with E-state index in [1.54, 1.807) is 48.5 Å². The van der Waals surface area contributed by atoms with Gasteiger partial charge in [-0.1, -0.05) is 44.2 Å². The zero-order valence-electron chi connectivity index (χ0n) is 14.3. The van der Waals surface area contributed by atoms with Gasteiger partial charge in [0.15, 0.2) is 0 Å². The molecule has 3 nitrogen and oxygen atoms in total. The Morgan fingerprint density at radius 3 is 2.56 bits per heavy atom. The molecule has 0 saturated carbocycles. The molecule has 0 radical (unpaired) electrons. The van der Waals surface area contributed by atoms with Crippen molar-refractivity contribution in [2.24, 2.45) is 5.92 Å². The molecule has 0 aliphatic rings. The standard InChI is InChI=1S/C21H20FNO2/c1-3-16(4-2)21(24)25-18-9-7-8-15(13-18)12-17(14-23)19-10-5-6-11-20(19)22/h5-13,16H,3-4H2,1-2H3/b17-12-. The molecule has 0 spiro atoms. The van der Waals surface area contributed by atoms with E-state index in [1.807, 2.05) is 19.9 Å². The Balaban J connectivity index is 2.28. The summed E-state index contributed by atoms with van der Waals surface area (Å²) in [6.45, 7) is 3.89. The minimum atomic E-state index is -0.452. The fraction of sp³-hybridized carbons (Fsp3) is 0.238. The molecule has 0 aliphatic carbocycles. The van der Waals surface area contributed by atoms with Crippen molar-refractivity contribution < 1.29 is 13.9 Å². The van der Waals surface area contributed by atoms with Crippen molar-refractivity contribution in [1.29, 1.82) is 5.26 Å². The lowest BCUT2D eigenvalue weighted by molar-refractivity contribution is -0.139. The van der Waals surface area contributed by atoms with Gasteiger partial charge in [-0.05, 0) is 42.7 Å². The number of carbonyl (C=O) groups is 1. The summed E-state index contributed by atoms with van der Waals surface area (Å²) in [5.74, 6) is -0.434. The summed E-state index contributed by atoms with van der Waals surface area (Å²) in [5, 5.41) is 9.35. The Morgan fingerprint density at radius 2 is 1.92 bits per heavy atom. The van der Waals surface area contributed by atoms with E-state index in [0.29, 0.717) is 11.3 Å². The van der Waals surface area contributed by atoms with Crippen LogP contribution in [0.4, 0.5) is 4.39 Å². The number of carbonyl (C=O) groups excluding carboxylic acids is 1. The Bertz CT molecular complexity index is 817. The Morgan fingerprint density at radius 1 is 1.20 bits per heavy atom. The van der Waals surface area contributed by atoms with Crippen LogP contribution in [-0.4, -0.2) is 5.97 Å². The molecule has 4 heteroatoms. The molecule has 0 amide bonds. The van der Waals surface area contributed by atoms with Crippen LogP contribution in [0.15, 0.2) is 48.5 Å². The first-order valence-corrected chi connectivity index (χ1v) is 8.27. The average Bonchev–Trinajstić information content (AvgIpc) is 2.62. The number of benzene rings is 2. The lowest BCUT2D eigenvalue weighted by Crippen LogP contribution is -2.19. The second kappa shape index (κ2) is 8.79. The number of hydrogen-bond acceptors (Lipinski definition) is 3. The molecule has 2 aromatic rings. The molecule has 0 N–H and O–H groups in total. The molecule has 0 fully saturated rings. The molecular weight excluding hydrogens is 317 g/mol. The molecule has 128 valence electrons. The van der Waals surface area contributed by atoms with Crippen LogP contribution in [0.2, 0.25) is 0 Å². The smallest absolute Gasteiger partial charge is 0.314 e. The maximum Gasteiger partial charge on any atom is 0.314 e. The van der Waals surface area contributed by atoms with Gasteiger partial charge in [0.05, 0.1) is 17.6 Å². The number of nitrogens with zero attached hydrogens (tertiary/aromatic N) is 1. The Hall–Kier alpha value is -2.93. The number of allylic oxidation sites excluding steroid dienone is 1. The number of hydrogen-bond donors (Lipinski definition) is 0. The van der Waals surface area contributed by atoms with Crippen LogP contribution >= 0.6 is 0 Å². The highest BCUT2D eigenvalue weighted by atomic mass is 19.1. The van der Waals surface area contributed by atoms with E-state index in [1.165, 1.54) is 6.07 Å². The SMILES string of the molecule is CCC(CC)C(=O)Oc1cccc(/C=C(/C#N)c2ccccc2F)c1. The molecule has 0 saturated heterocycles. The van der Waals surface area contributed by atoms with Crippen LogP contribution in [-0.2, 0) is 4.79 Å². The van der Waals surface area contributed by atoms with Gasteiger partial charge in [-0.2, -0.15) is 5.26 Å². The van der Waals surface area contributed by atoms with Gasteiger partial charge in [0.1, 0.15) is 11.6 Å². The van der Waals surface area contributed by atoms with E-state index < -0.39 is 5.82 Å². The van der Waals surface area contributed by atoms with Crippen molar-refractivity contribution in [3.63, 3.8) is 0 Å². The topological polar surface area (TPSA) is 50.1 Å². The molecule has 0 aliphatic heterocycles. The fourth-order valence-electron chi connectivity index (χ4n) is 2.51. The van der Waals surface area contributed by atoms with Crippen molar-refractivity contribution in [2.45, 2.75) is 26.7 Å². The number of nitriles is 1. The van der Waals surface area contributed by atoms with Crippen LogP contribution in [0.25, 0.3) is 11.6 Å². The average molecular weight is 337 g/mol. The first kappa shape index (κ1) is 18.4. The second-order valence-electron chi connectivity index (χ2n) is 5.66. The first-order valence-electron chi connectivity index (χ1n) is 8.27. The zero-order chi connectivity index (χ0) is 18.2. The van der Waals surface area contributed by atoms with Crippen molar-refractivity contribution in [1.82, 2.24) is 0 Å². The fourth-order valence-corrected chi connectivity index (χ4v) is 2.51. The highest BCUT2D eigenvalue weighted by Gasteiger charge is 2.16. The van der Waals surface area contributed by atoms with E-state index >= 15 is 0 Å². The molecule has 0 unspecified atom stereocenters. The van der Waals surface area contributed by atoms with Gasteiger partial charge >= 0.3 is 5.97 Å². The molecule has 0 bridgehead atoms. The lowest BCUT2D eigenvalue weighted by Gasteiger charge is -2.12. The van der Waals surface area contributed by atoms with E-state index in [9.17, 15) is 14.4 Å². The normalized spacial score (nSPS) is 11.2. The minimum absolute atomic E-state index is 0.132. The summed E-state index contributed by atoms with van der Waals surface area (Å²) >= 11 is 0. The number of halogens is 1. The summed E-state index contributed by atoms with van der Waals surface area (Å²) in [6, 6.07) is 15.0. The van der Waals surface area contributed by atoms with Crippen molar-refractivity contribution in [3.05, 3.63) is 65.5 Å². The monoisotopic (exact) mass is 337 g/mol. The van der Waals surface area contributed by atoms with Gasteiger partial charge < -0.3 is 4.74 Å². The lowest BCUT2D eigenvalue weighted by atomic mass is 10.0. The van der Waals surface area contributed by atoms with Crippen LogP contribution in [0.5, 0.6) is 5.75 Å². The molecule has 2 aromatic carbocycles. The van der Waals surface area contributed by atoms with Crippen molar-refractivity contribution in [2.75, 3.05) is 0 Å². The summed E-state index contributed by atoms with van der Waals surface area (Å²) in [7, 11) is 0. The zero-order valence-corrected chi connectivity index (χ0v) is 14.3. The van der Waals surface area contributed by atoms with E-state index in [2.05, 4.69) is 0 Å². The predicted molar refractivity (Wildman–Crippen MR) is 96.0 cm³/mol. The highest BCUT2D eigenvalue weighted by Crippen LogP contribution is 2.23. The summed E-state index contributed by atoms with van der Waals surface area (Å²) in [5.41, 5.74) is 1.11. The highest BCUT2D eigenvalue weighted by molar-refractivity contribution is 5.90. The van der Waals surface area contributed by atoms with Crippen LogP contribution in [0, 0.1) is 23.1 Å². The Labute approximate surface area is 147 Å². The third-order valence-electron chi connectivity index (χ3n) is 3.99. The summed E-state index contributed by atoms with van der Waals surface area (Å²) in [4.78, 5) is 12.1. The van der Waals surface area contributed by atoms with Gasteiger partial charge in [0, 0.05) is 5.56 Å². The molecular formula is C21H20FNO2. The van der Waals surface area contributed by atoms with Crippen molar-refractivity contribution >= 4 is 17.6 Å². The summed E-state index contributed by atoms with van der Waals surface area (Å²) < 4.78 is 19.3. The maximum absolute atomic E-state index is 13.9. The third kappa shape index (κ3) is 4.77. The molecule has 2 rings (SSSR count). The molecule has 0 aromatic heterocycles. The van der Waals surface area contributed by atoms with Crippen molar-refractivity contribution in [3.8, 4) is 11.8 Å². The maximum atomic E-state index is 13.9. The van der Waals surface area contributed by atoms with E-state index in [4.69, 9.17) is 4.74 Å². The molecule has 25 heavy (non-hydrogen) atoms. The predicted octanol–water partition coefficient (Wildman–Crippen LogP) is 5.23. The van der Waals surface area contributed by atoms with Gasteiger partial charge in [-0.3, -0.25) is 4.79 Å². The van der Waals surface area contributed by atoms with Crippen LogP contribution < -0.4 is 4.74 Å². The number of ether oxygens (including phenoxy) is 1.